The van der Waals surface area contributed by atoms with E-state index in [4.69, 9.17) is 11.6 Å². The van der Waals surface area contributed by atoms with Gasteiger partial charge in [-0.15, -0.1) is 0 Å². The van der Waals surface area contributed by atoms with E-state index in [9.17, 15) is 8.78 Å². The lowest BCUT2D eigenvalue weighted by Crippen LogP contribution is -2.16. The highest BCUT2D eigenvalue weighted by molar-refractivity contribution is 6.31. The molecule has 0 unspecified atom stereocenters. The molecule has 1 aromatic heterocycles. The molecule has 0 amide bonds. The van der Waals surface area contributed by atoms with Crippen molar-refractivity contribution in [1.82, 2.24) is 9.88 Å². The highest BCUT2D eigenvalue weighted by Gasteiger charge is 2.09. The Bertz CT molecular complexity index is 985. The number of hydrogen-bond donors (Lipinski definition) is 1. The van der Waals surface area contributed by atoms with Crippen LogP contribution in [0.1, 0.15) is 17.7 Å². The molecule has 1 N–H and O–H groups in total. The fourth-order valence-corrected chi connectivity index (χ4v) is 3.00. The van der Waals surface area contributed by atoms with E-state index >= 15 is 0 Å². The van der Waals surface area contributed by atoms with Crippen molar-refractivity contribution in [2.45, 2.75) is 6.42 Å². The normalized spacial score (nSPS) is 11.6. The summed E-state index contributed by atoms with van der Waals surface area (Å²) in [5, 5.41) is 4.10. The van der Waals surface area contributed by atoms with Gasteiger partial charge in [0, 0.05) is 17.6 Å². The van der Waals surface area contributed by atoms with Gasteiger partial charge in [-0.25, -0.2) is 13.8 Å². The van der Waals surface area contributed by atoms with Crippen LogP contribution in [-0.4, -0.2) is 37.1 Å². The third-order valence-corrected chi connectivity index (χ3v) is 4.57. The van der Waals surface area contributed by atoms with Crippen LogP contribution in [0.5, 0.6) is 0 Å². The maximum atomic E-state index is 14.0. The van der Waals surface area contributed by atoms with Gasteiger partial charge in [0.1, 0.15) is 11.6 Å². The first-order valence-electron chi connectivity index (χ1n) is 9.04. The van der Waals surface area contributed by atoms with Crippen LogP contribution < -0.4 is 5.32 Å². The van der Waals surface area contributed by atoms with Crippen LogP contribution in [0.4, 0.5) is 14.5 Å². The molecule has 3 aromatic rings. The van der Waals surface area contributed by atoms with E-state index in [1.807, 2.05) is 32.3 Å². The molecular formula is C22H22ClF2N3. The summed E-state index contributed by atoms with van der Waals surface area (Å²) in [6.45, 7) is 1.70. The van der Waals surface area contributed by atoms with Crippen molar-refractivity contribution in [3.8, 4) is 0 Å². The maximum Gasteiger partial charge on any atom is 0.142 e. The van der Waals surface area contributed by atoms with E-state index in [1.165, 1.54) is 24.3 Å². The second-order valence-corrected chi connectivity index (χ2v) is 7.25. The highest BCUT2D eigenvalue weighted by Crippen LogP contribution is 2.29. The van der Waals surface area contributed by atoms with Crippen molar-refractivity contribution in [2.24, 2.45) is 0 Å². The number of aromatic nitrogens is 1. The summed E-state index contributed by atoms with van der Waals surface area (Å²) in [5.74, 6) is -0.747. The van der Waals surface area contributed by atoms with Crippen molar-refractivity contribution < 1.29 is 8.78 Å². The van der Waals surface area contributed by atoms with E-state index in [0.717, 1.165) is 30.8 Å². The van der Waals surface area contributed by atoms with Crippen molar-refractivity contribution in [3.63, 3.8) is 0 Å². The molecule has 146 valence electrons. The zero-order chi connectivity index (χ0) is 20.1. The number of hydrogen-bond acceptors (Lipinski definition) is 3. The predicted octanol–water partition coefficient (Wildman–Crippen LogP) is 5.70. The third kappa shape index (κ3) is 5.27. The number of nitrogens with zero attached hydrogens (tertiary/aromatic N) is 2. The summed E-state index contributed by atoms with van der Waals surface area (Å²) < 4.78 is 27.0. The molecule has 0 saturated carbocycles. The van der Waals surface area contributed by atoms with Crippen LogP contribution in [0.2, 0.25) is 5.02 Å². The molecule has 3 nitrogen and oxygen atoms in total. The van der Waals surface area contributed by atoms with Gasteiger partial charge < -0.3 is 10.2 Å². The van der Waals surface area contributed by atoms with Gasteiger partial charge in [0.2, 0.25) is 0 Å². The second kappa shape index (κ2) is 9.13. The smallest absolute Gasteiger partial charge is 0.142 e. The van der Waals surface area contributed by atoms with Crippen LogP contribution in [0.15, 0.2) is 42.5 Å². The monoisotopic (exact) mass is 401 g/mol. The van der Waals surface area contributed by atoms with Gasteiger partial charge >= 0.3 is 0 Å². The van der Waals surface area contributed by atoms with Gasteiger partial charge in [-0.3, -0.25) is 0 Å². The van der Waals surface area contributed by atoms with Crippen LogP contribution >= 0.6 is 11.6 Å². The standard InChI is InChI=1S/C22H22ClF2N3/c1-28(2)11-3-10-26-21-12-17(9-6-15-4-7-16(24)8-5-15)27-22-14-19(23)20(25)13-18(21)22/h4-9,12-14H,3,10-11H2,1-2H3,(H,26,27)/b9-6+. The van der Waals surface area contributed by atoms with Gasteiger partial charge in [0.05, 0.1) is 16.2 Å². The zero-order valence-corrected chi connectivity index (χ0v) is 16.6. The van der Waals surface area contributed by atoms with Crippen LogP contribution in [0.25, 0.3) is 23.1 Å². The predicted molar refractivity (Wildman–Crippen MR) is 114 cm³/mol. The van der Waals surface area contributed by atoms with Gasteiger partial charge in [-0.1, -0.05) is 29.8 Å². The third-order valence-electron chi connectivity index (χ3n) is 4.28. The number of rotatable bonds is 7. The summed E-state index contributed by atoms with van der Waals surface area (Å²) in [7, 11) is 4.05. The van der Waals surface area contributed by atoms with E-state index in [-0.39, 0.29) is 10.8 Å². The summed E-state index contributed by atoms with van der Waals surface area (Å²) in [5.41, 5.74) is 2.98. The topological polar surface area (TPSA) is 28.2 Å². The van der Waals surface area contributed by atoms with Crippen LogP contribution in [-0.2, 0) is 0 Å². The molecule has 0 spiro atoms. The van der Waals surface area contributed by atoms with Gasteiger partial charge in [0.25, 0.3) is 0 Å². The van der Waals surface area contributed by atoms with Crippen molar-refractivity contribution >= 4 is 40.3 Å². The van der Waals surface area contributed by atoms with E-state index in [0.29, 0.717) is 16.6 Å². The zero-order valence-electron chi connectivity index (χ0n) is 15.8. The van der Waals surface area contributed by atoms with Crippen molar-refractivity contribution in [1.29, 1.82) is 0 Å². The SMILES string of the molecule is CN(C)CCCNc1cc(/C=C/c2ccc(F)cc2)nc2cc(Cl)c(F)cc12. The average molecular weight is 402 g/mol. The lowest BCUT2D eigenvalue weighted by atomic mass is 10.1. The number of pyridine rings is 1. The van der Waals surface area contributed by atoms with E-state index < -0.39 is 5.82 Å². The number of halogens is 3. The summed E-state index contributed by atoms with van der Waals surface area (Å²) >= 11 is 5.95. The first-order valence-corrected chi connectivity index (χ1v) is 9.42. The number of anilines is 1. The van der Waals surface area contributed by atoms with Crippen LogP contribution in [0.3, 0.4) is 0 Å². The fraction of sp³-hybridized carbons (Fsp3) is 0.227. The van der Waals surface area contributed by atoms with E-state index in [1.54, 1.807) is 12.1 Å². The van der Waals surface area contributed by atoms with E-state index in [2.05, 4.69) is 15.2 Å². The average Bonchev–Trinajstić information content (AvgIpc) is 2.66. The molecule has 0 bridgehead atoms. The Labute approximate surface area is 168 Å². The molecule has 0 aliphatic heterocycles. The Morgan fingerprint density at radius 3 is 2.54 bits per heavy atom. The molecule has 0 aliphatic carbocycles. The molecular weight excluding hydrogens is 380 g/mol. The molecule has 0 fully saturated rings. The lowest BCUT2D eigenvalue weighted by Gasteiger charge is -2.13. The molecule has 0 aliphatic rings. The number of nitrogens with one attached hydrogen (secondary N) is 1. The Morgan fingerprint density at radius 2 is 1.82 bits per heavy atom. The summed E-state index contributed by atoms with van der Waals surface area (Å²) in [6, 6.07) is 11.0. The van der Waals surface area contributed by atoms with Crippen molar-refractivity contribution in [2.75, 3.05) is 32.5 Å². The largest absolute Gasteiger partial charge is 0.384 e. The Balaban J connectivity index is 1.91. The number of benzene rings is 2. The molecule has 6 heteroatoms. The minimum atomic E-state index is -0.470. The minimum Gasteiger partial charge on any atom is -0.384 e. The second-order valence-electron chi connectivity index (χ2n) is 6.85. The molecule has 0 atom stereocenters. The quantitative estimate of drug-likeness (QED) is 0.514. The number of fused-ring (bicyclic) bond motifs is 1. The molecule has 1 heterocycles. The first-order chi connectivity index (χ1) is 13.4. The molecule has 3 rings (SSSR count). The van der Waals surface area contributed by atoms with Crippen LogP contribution in [0, 0.1) is 11.6 Å². The first kappa shape index (κ1) is 20.2. The molecule has 0 saturated heterocycles. The molecule has 28 heavy (non-hydrogen) atoms. The van der Waals surface area contributed by atoms with Crippen molar-refractivity contribution in [3.05, 3.63) is 70.4 Å². The maximum absolute atomic E-state index is 14.0. The van der Waals surface area contributed by atoms with Gasteiger partial charge in [0.15, 0.2) is 0 Å². The Morgan fingerprint density at radius 1 is 1.07 bits per heavy atom. The Kier molecular flexibility index (Phi) is 6.60. The lowest BCUT2D eigenvalue weighted by molar-refractivity contribution is 0.405. The van der Waals surface area contributed by atoms with Gasteiger partial charge in [-0.05, 0) is 69.0 Å². The Hall–Kier alpha value is -2.50. The minimum absolute atomic E-state index is 0.0400. The highest BCUT2D eigenvalue weighted by atomic mass is 35.5. The molecule has 0 radical (unpaired) electrons. The molecule has 2 aromatic carbocycles. The summed E-state index contributed by atoms with van der Waals surface area (Å²) in [4.78, 5) is 6.68. The fourth-order valence-electron chi connectivity index (χ4n) is 2.85. The van der Waals surface area contributed by atoms with Gasteiger partial charge in [-0.2, -0.15) is 0 Å². The summed E-state index contributed by atoms with van der Waals surface area (Å²) in [6.07, 6.45) is 4.65.